The fraction of sp³-hybridized carbons (Fsp3) is 0.769. The van der Waals surface area contributed by atoms with E-state index in [9.17, 15) is 14.4 Å². The molecule has 19 heavy (non-hydrogen) atoms. The number of nitrogens with zero attached hydrogens (tertiary/aromatic N) is 1. The highest BCUT2D eigenvalue weighted by atomic mass is 16.5. The summed E-state index contributed by atoms with van der Waals surface area (Å²) in [6.45, 7) is 0.256. The van der Waals surface area contributed by atoms with Gasteiger partial charge in [0.2, 0.25) is 11.8 Å². The molecule has 0 saturated heterocycles. The summed E-state index contributed by atoms with van der Waals surface area (Å²) in [6, 6.07) is 0. The Morgan fingerprint density at radius 1 is 1.26 bits per heavy atom. The normalized spacial score (nSPS) is 15.1. The van der Waals surface area contributed by atoms with Crippen LogP contribution in [0.2, 0.25) is 0 Å². The zero-order valence-electron chi connectivity index (χ0n) is 11.6. The average molecular weight is 270 g/mol. The standard InChI is InChI=1S/C13H22N2O4/c1-15(9-12(17)19-2)11(16)7-8-14-13(18)10-5-3-4-6-10/h10H,3-9H2,1-2H3,(H,14,18). The number of nitrogens with one attached hydrogen (secondary N) is 1. The molecule has 0 heterocycles. The van der Waals surface area contributed by atoms with Crippen molar-refractivity contribution in [2.45, 2.75) is 32.1 Å². The molecular weight excluding hydrogens is 248 g/mol. The van der Waals surface area contributed by atoms with Gasteiger partial charge in [-0.05, 0) is 12.8 Å². The number of hydrogen-bond acceptors (Lipinski definition) is 4. The highest BCUT2D eigenvalue weighted by Crippen LogP contribution is 2.24. The van der Waals surface area contributed by atoms with Gasteiger partial charge in [-0.3, -0.25) is 14.4 Å². The minimum atomic E-state index is -0.453. The molecule has 1 N–H and O–H groups in total. The number of carbonyl (C=O) groups is 3. The second kappa shape index (κ2) is 7.76. The molecule has 0 bridgehead atoms. The Morgan fingerprint density at radius 2 is 1.89 bits per heavy atom. The second-order valence-electron chi connectivity index (χ2n) is 4.85. The molecule has 1 rings (SSSR count). The molecule has 0 aromatic carbocycles. The first kappa shape index (κ1) is 15.5. The lowest BCUT2D eigenvalue weighted by Crippen LogP contribution is -2.36. The average Bonchev–Trinajstić information content (AvgIpc) is 2.92. The quantitative estimate of drug-likeness (QED) is 0.705. The fourth-order valence-electron chi connectivity index (χ4n) is 2.16. The number of rotatable bonds is 6. The van der Waals surface area contributed by atoms with Crippen LogP contribution in [-0.2, 0) is 19.1 Å². The first-order valence-electron chi connectivity index (χ1n) is 6.63. The molecule has 0 atom stereocenters. The van der Waals surface area contributed by atoms with Crippen LogP contribution in [0.3, 0.4) is 0 Å². The van der Waals surface area contributed by atoms with Crippen molar-refractivity contribution in [2.75, 3.05) is 27.2 Å². The van der Waals surface area contributed by atoms with Gasteiger partial charge in [0.05, 0.1) is 7.11 Å². The lowest BCUT2D eigenvalue weighted by Gasteiger charge is -2.16. The predicted octanol–water partition coefficient (Wildman–Crippen LogP) is 0.314. The van der Waals surface area contributed by atoms with Crippen molar-refractivity contribution in [1.82, 2.24) is 10.2 Å². The third kappa shape index (κ3) is 5.28. The molecule has 0 unspecified atom stereocenters. The summed E-state index contributed by atoms with van der Waals surface area (Å²) in [6.07, 6.45) is 4.31. The van der Waals surface area contributed by atoms with Crippen molar-refractivity contribution in [1.29, 1.82) is 0 Å². The van der Waals surface area contributed by atoms with Crippen LogP contribution in [0.1, 0.15) is 32.1 Å². The smallest absolute Gasteiger partial charge is 0.325 e. The van der Waals surface area contributed by atoms with Crippen molar-refractivity contribution in [3.8, 4) is 0 Å². The van der Waals surface area contributed by atoms with Gasteiger partial charge in [-0.15, -0.1) is 0 Å². The lowest BCUT2D eigenvalue weighted by molar-refractivity contribution is -0.146. The number of methoxy groups -OCH3 is 1. The summed E-state index contributed by atoms with van der Waals surface area (Å²) in [4.78, 5) is 35.7. The fourth-order valence-corrected chi connectivity index (χ4v) is 2.16. The lowest BCUT2D eigenvalue weighted by atomic mass is 10.1. The third-order valence-corrected chi connectivity index (χ3v) is 3.38. The maximum absolute atomic E-state index is 11.7. The number of hydrogen-bond donors (Lipinski definition) is 1. The van der Waals surface area contributed by atoms with E-state index in [1.165, 1.54) is 19.1 Å². The van der Waals surface area contributed by atoms with E-state index in [0.29, 0.717) is 6.54 Å². The van der Waals surface area contributed by atoms with E-state index in [1.807, 2.05) is 0 Å². The number of carbonyl (C=O) groups excluding carboxylic acids is 3. The van der Waals surface area contributed by atoms with E-state index in [4.69, 9.17) is 0 Å². The van der Waals surface area contributed by atoms with Crippen LogP contribution in [0.4, 0.5) is 0 Å². The van der Waals surface area contributed by atoms with E-state index >= 15 is 0 Å². The number of likely N-dealkylation sites (N-methyl/N-ethyl adjacent to an activating group) is 1. The van der Waals surface area contributed by atoms with E-state index in [-0.39, 0.29) is 30.7 Å². The first-order chi connectivity index (χ1) is 9.04. The van der Waals surface area contributed by atoms with Gasteiger partial charge in [0.25, 0.3) is 0 Å². The van der Waals surface area contributed by atoms with Crippen LogP contribution < -0.4 is 5.32 Å². The van der Waals surface area contributed by atoms with Crippen molar-refractivity contribution in [2.24, 2.45) is 5.92 Å². The van der Waals surface area contributed by atoms with Crippen LogP contribution >= 0.6 is 0 Å². The molecule has 2 amide bonds. The van der Waals surface area contributed by atoms with Crippen molar-refractivity contribution < 1.29 is 19.1 Å². The van der Waals surface area contributed by atoms with Crippen molar-refractivity contribution in [3.63, 3.8) is 0 Å². The van der Waals surface area contributed by atoms with Gasteiger partial charge in [0, 0.05) is 25.9 Å². The molecule has 1 saturated carbocycles. The zero-order chi connectivity index (χ0) is 14.3. The van der Waals surface area contributed by atoms with Gasteiger partial charge in [-0.1, -0.05) is 12.8 Å². The summed E-state index contributed by atoms with van der Waals surface area (Å²) in [5.74, 6) is -0.480. The SMILES string of the molecule is COC(=O)CN(C)C(=O)CCNC(=O)C1CCCC1. The van der Waals surface area contributed by atoms with Crippen LogP contribution in [0.15, 0.2) is 0 Å². The number of ether oxygens (including phenoxy) is 1. The molecule has 0 aromatic rings. The third-order valence-electron chi connectivity index (χ3n) is 3.38. The van der Waals surface area contributed by atoms with E-state index in [1.54, 1.807) is 0 Å². The minimum Gasteiger partial charge on any atom is -0.468 e. The van der Waals surface area contributed by atoms with Crippen LogP contribution in [0.25, 0.3) is 0 Å². The highest BCUT2D eigenvalue weighted by Gasteiger charge is 2.22. The van der Waals surface area contributed by atoms with Crippen molar-refractivity contribution >= 4 is 17.8 Å². The number of esters is 1. The van der Waals surface area contributed by atoms with E-state index in [2.05, 4.69) is 10.1 Å². The van der Waals surface area contributed by atoms with Crippen LogP contribution in [-0.4, -0.2) is 49.9 Å². The largest absolute Gasteiger partial charge is 0.468 e. The molecular formula is C13H22N2O4. The maximum Gasteiger partial charge on any atom is 0.325 e. The summed E-state index contributed by atoms with van der Waals surface area (Å²) in [7, 11) is 2.82. The molecule has 1 aliphatic rings. The van der Waals surface area contributed by atoms with E-state index in [0.717, 1.165) is 25.7 Å². The molecule has 0 aromatic heterocycles. The summed E-state index contributed by atoms with van der Waals surface area (Å²) < 4.78 is 4.48. The molecule has 1 aliphatic carbocycles. The summed E-state index contributed by atoms with van der Waals surface area (Å²) in [5.41, 5.74) is 0. The molecule has 0 radical (unpaired) electrons. The zero-order valence-corrected chi connectivity index (χ0v) is 11.6. The molecule has 0 aliphatic heterocycles. The van der Waals surface area contributed by atoms with Gasteiger partial charge in [0.15, 0.2) is 0 Å². The summed E-state index contributed by atoms with van der Waals surface area (Å²) >= 11 is 0. The minimum absolute atomic E-state index is 0.0425. The summed E-state index contributed by atoms with van der Waals surface area (Å²) in [5, 5.41) is 2.78. The second-order valence-corrected chi connectivity index (χ2v) is 4.85. The maximum atomic E-state index is 11.7. The Labute approximate surface area is 113 Å². The van der Waals surface area contributed by atoms with Gasteiger partial charge < -0.3 is 15.0 Å². The highest BCUT2D eigenvalue weighted by molar-refractivity contribution is 5.83. The van der Waals surface area contributed by atoms with Gasteiger partial charge in [0.1, 0.15) is 6.54 Å². The van der Waals surface area contributed by atoms with E-state index < -0.39 is 5.97 Å². The number of amides is 2. The Balaban J connectivity index is 2.18. The molecule has 6 nitrogen and oxygen atoms in total. The Bertz CT molecular complexity index is 338. The Hall–Kier alpha value is -1.59. The van der Waals surface area contributed by atoms with Crippen molar-refractivity contribution in [3.05, 3.63) is 0 Å². The molecule has 1 fully saturated rings. The monoisotopic (exact) mass is 270 g/mol. The molecule has 6 heteroatoms. The van der Waals surface area contributed by atoms with Crippen LogP contribution in [0, 0.1) is 5.92 Å². The molecule has 108 valence electrons. The predicted molar refractivity (Wildman–Crippen MR) is 69.2 cm³/mol. The Morgan fingerprint density at radius 3 is 2.47 bits per heavy atom. The van der Waals surface area contributed by atoms with Gasteiger partial charge in [-0.2, -0.15) is 0 Å². The molecule has 0 spiro atoms. The topological polar surface area (TPSA) is 75.7 Å². The first-order valence-corrected chi connectivity index (χ1v) is 6.63. The van der Waals surface area contributed by atoms with Gasteiger partial charge >= 0.3 is 5.97 Å². The van der Waals surface area contributed by atoms with Crippen LogP contribution in [0.5, 0.6) is 0 Å². The Kier molecular flexibility index (Phi) is 6.32. The van der Waals surface area contributed by atoms with Gasteiger partial charge in [-0.25, -0.2) is 0 Å².